The van der Waals surface area contributed by atoms with Crippen molar-refractivity contribution in [2.75, 3.05) is 27.3 Å². The lowest BCUT2D eigenvalue weighted by Crippen LogP contribution is -2.87. The number of nitrogens with two attached hydrogens (primary N) is 1. The largest absolute Gasteiger partial charge is 0.493 e. The first-order valence-electron chi connectivity index (χ1n) is 9.60. The van der Waals surface area contributed by atoms with Gasteiger partial charge in [-0.2, -0.15) is 0 Å². The van der Waals surface area contributed by atoms with Gasteiger partial charge in [0.25, 0.3) is 5.91 Å². The van der Waals surface area contributed by atoms with Gasteiger partial charge in [0.05, 0.1) is 20.5 Å². The molecule has 2 aromatic carbocycles. The monoisotopic (exact) mass is 395 g/mol. The van der Waals surface area contributed by atoms with Gasteiger partial charge < -0.3 is 24.5 Å². The number of carbonyl (C=O) groups is 1. The van der Waals surface area contributed by atoms with E-state index in [2.05, 4.69) is 5.32 Å². The molecule has 1 aromatic heterocycles. The van der Waals surface area contributed by atoms with Gasteiger partial charge in [0.15, 0.2) is 29.8 Å². The molecule has 0 saturated carbocycles. The SMILES string of the molecule is COc1ccc(CCNC(=O)C[NH2+][C@@H](c2ccccc2)c2ccco2)cc1OC. The highest BCUT2D eigenvalue weighted by molar-refractivity contribution is 5.76. The van der Waals surface area contributed by atoms with E-state index in [0.29, 0.717) is 31.0 Å². The summed E-state index contributed by atoms with van der Waals surface area (Å²) in [7, 11) is 3.22. The summed E-state index contributed by atoms with van der Waals surface area (Å²) in [5.41, 5.74) is 2.17. The molecule has 3 rings (SSSR count). The molecule has 29 heavy (non-hydrogen) atoms. The van der Waals surface area contributed by atoms with E-state index in [-0.39, 0.29) is 11.9 Å². The Balaban J connectivity index is 1.51. The number of amides is 1. The summed E-state index contributed by atoms with van der Waals surface area (Å²) >= 11 is 0. The van der Waals surface area contributed by atoms with Crippen molar-refractivity contribution in [3.8, 4) is 11.5 Å². The quantitative estimate of drug-likeness (QED) is 0.552. The van der Waals surface area contributed by atoms with Crippen molar-refractivity contribution in [1.82, 2.24) is 5.32 Å². The summed E-state index contributed by atoms with van der Waals surface area (Å²) in [6.07, 6.45) is 2.37. The summed E-state index contributed by atoms with van der Waals surface area (Å²) < 4.78 is 16.1. The van der Waals surface area contributed by atoms with Crippen LogP contribution in [-0.2, 0) is 11.2 Å². The maximum Gasteiger partial charge on any atom is 0.275 e. The Bertz CT molecular complexity index is 895. The van der Waals surface area contributed by atoms with Gasteiger partial charge in [-0.25, -0.2) is 0 Å². The van der Waals surface area contributed by atoms with E-state index in [0.717, 1.165) is 16.9 Å². The first-order chi connectivity index (χ1) is 14.2. The Kier molecular flexibility index (Phi) is 7.30. The van der Waals surface area contributed by atoms with Crippen LogP contribution in [0.1, 0.15) is 22.9 Å². The second-order valence-electron chi connectivity index (χ2n) is 6.63. The third-order valence-corrected chi connectivity index (χ3v) is 4.73. The van der Waals surface area contributed by atoms with Gasteiger partial charge in [-0.15, -0.1) is 0 Å². The fourth-order valence-corrected chi connectivity index (χ4v) is 3.22. The van der Waals surface area contributed by atoms with Crippen LogP contribution in [0.15, 0.2) is 71.3 Å². The van der Waals surface area contributed by atoms with Crippen molar-refractivity contribution in [2.24, 2.45) is 0 Å². The summed E-state index contributed by atoms with van der Waals surface area (Å²) in [5, 5.41) is 4.96. The molecule has 0 unspecified atom stereocenters. The molecule has 1 atom stereocenters. The zero-order chi connectivity index (χ0) is 20.5. The van der Waals surface area contributed by atoms with Gasteiger partial charge in [-0.1, -0.05) is 36.4 Å². The van der Waals surface area contributed by atoms with Crippen LogP contribution >= 0.6 is 0 Å². The Morgan fingerprint density at radius 1 is 1.03 bits per heavy atom. The maximum absolute atomic E-state index is 12.3. The maximum atomic E-state index is 12.3. The van der Waals surface area contributed by atoms with Gasteiger partial charge in [-0.3, -0.25) is 4.79 Å². The van der Waals surface area contributed by atoms with E-state index in [1.807, 2.05) is 66.0 Å². The average Bonchev–Trinajstić information content (AvgIpc) is 3.29. The molecule has 3 aromatic rings. The molecule has 0 spiro atoms. The van der Waals surface area contributed by atoms with Gasteiger partial charge in [0.2, 0.25) is 0 Å². The standard InChI is InChI=1S/C23H26N2O4/c1-27-19-11-10-17(15-21(19)28-2)12-13-24-22(26)16-25-23(20-9-6-14-29-20)18-7-4-3-5-8-18/h3-11,14-15,23,25H,12-13,16H2,1-2H3,(H,24,26)/p+1/t23-/m0/s1. The number of nitrogens with one attached hydrogen (secondary N) is 1. The van der Waals surface area contributed by atoms with Gasteiger partial charge in [-0.05, 0) is 36.2 Å². The predicted molar refractivity (Wildman–Crippen MR) is 110 cm³/mol. The van der Waals surface area contributed by atoms with Gasteiger partial charge in [0.1, 0.15) is 0 Å². The van der Waals surface area contributed by atoms with Crippen molar-refractivity contribution in [1.29, 1.82) is 0 Å². The summed E-state index contributed by atoms with van der Waals surface area (Å²) in [6, 6.07) is 19.6. The minimum absolute atomic E-state index is 0.0158. The molecule has 0 saturated heterocycles. The lowest BCUT2D eigenvalue weighted by Gasteiger charge is -2.14. The Morgan fingerprint density at radius 3 is 2.52 bits per heavy atom. The highest BCUT2D eigenvalue weighted by Gasteiger charge is 2.21. The highest BCUT2D eigenvalue weighted by Crippen LogP contribution is 2.27. The van der Waals surface area contributed by atoms with Crippen LogP contribution in [0.25, 0.3) is 0 Å². The second-order valence-corrected chi connectivity index (χ2v) is 6.63. The van der Waals surface area contributed by atoms with Gasteiger partial charge in [0, 0.05) is 12.1 Å². The minimum atomic E-state index is -0.0530. The fraction of sp³-hybridized carbons (Fsp3) is 0.261. The lowest BCUT2D eigenvalue weighted by atomic mass is 10.0. The second kappa shape index (κ2) is 10.3. The van der Waals surface area contributed by atoms with E-state index in [1.165, 1.54) is 0 Å². The van der Waals surface area contributed by atoms with E-state index < -0.39 is 0 Å². The van der Waals surface area contributed by atoms with Gasteiger partial charge >= 0.3 is 0 Å². The fourth-order valence-electron chi connectivity index (χ4n) is 3.22. The number of rotatable bonds is 10. The number of quaternary nitrogens is 1. The van der Waals surface area contributed by atoms with E-state index >= 15 is 0 Å². The third-order valence-electron chi connectivity index (χ3n) is 4.73. The van der Waals surface area contributed by atoms with E-state index in [1.54, 1.807) is 20.5 Å². The number of ether oxygens (including phenoxy) is 2. The molecule has 3 N–H and O–H groups in total. The number of hydrogen-bond acceptors (Lipinski definition) is 4. The lowest BCUT2D eigenvalue weighted by molar-refractivity contribution is -0.678. The average molecular weight is 395 g/mol. The molecule has 6 nitrogen and oxygen atoms in total. The Morgan fingerprint density at radius 2 is 1.83 bits per heavy atom. The zero-order valence-electron chi connectivity index (χ0n) is 16.8. The Labute approximate surface area is 170 Å². The number of methoxy groups -OCH3 is 2. The van der Waals surface area contributed by atoms with E-state index in [9.17, 15) is 4.79 Å². The van der Waals surface area contributed by atoms with Crippen molar-refractivity contribution < 1.29 is 24.0 Å². The van der Waals surface area contributed by atoms with Crippen molar-refractivity contribution >= 4 is 5.91 Å². The summed E-state index contributed by atoms with van der Waals surface area (Å²) in [5.74, 6) is 2.20. The normalized spacial score (nSPS) is 11.7. The van der Waals surface area contributed by atoms with Crippen LogP contribution in [0.3, 0.4) is 0 Å². The topological polar surface area (TPSA) is 77.3 Å². The Hall–Kier alpha value is -3.25. The first-order valence-corrected chi connectivity index (χ1v) is 9.60. The van der Waals surface area contributed by atoms with Crippen LogP contribution in [0.5, 0.6) is 11.5 Å². The molecule has 152 valence electrons. The van der Waals surface area contributed by atoms with Crippen LogP contribution < -0.4 is 20.1 Å². The third kappa shape index (κ3) is 5.62. The molecule has 1 heterocycles. The first kappa shape index (κ1) is 20.5. The molecule has 0 radical (unpaired) electrons. The smallest absolute Gasteiger partial charge is 0.275 e. The number of carbonyl (C=O) groups excluding carboxylic acids is 1. The predicted octanol–water partition coefficient (Wildman–Crippen LogP) is 2.31. The highest BCUT2D eigenvalue weighted by atomic mass is 16.5. The van der Waals surface area contributed by atoms with Crippen molar-refractivity contribution in [3.05, 3.63) is 83.8 Å². The molecular formula is C23H27N2O4+. The molecule has 0 bridgehead atoms. The molecule has 0 aliphatic rings. The molecule has 0 aliphatic heterocycles. The molecule has 0 aliphatic carbocycles. The molecule has 0 fully saturated rings. The summed E-state index contributed by atoms with van der Waals surface area (Å²) in [6.45, 7) is 0.866. The minimum Gasteiger partial charge on any atom is -0.493 e. The zero-order valence-corrected chi connectivity index (χ0v) is 16.8. The van der Waals surface area contributed by atoms with Crippen LogP contribution in [0.4, 0.5) is 0 Å². The van der Waals surface area contributed by atoms with Crippen molar-refractivity contribution in [3.63, 3.8) is 0 Å². The van der Waals surface area contributed by atoms with Crippen LogP contribution in [0, 0.1) is 0 Å². The molecule has 1 amide bonds. The van der Waals surface area contributed by atoms with E-state index in [4.69, 9.17) is 13.9 Å². The summed E-state index contributed by atoms with van der Waals surface area (Å²) in [4.78, 5) is 12.3. The molecular weight excluding hydrogens is 368 g/mol. The van der Waals surface area contributed by atoms with Crippen molar-refractivity contribution in [2.45, 2.75) is 12.5 Å². The molecule has 6 heteroatoms. The number of benzene rings is 2. The van der Waals surface area contributed by atoms with Crippen LogP contribution in [0.2, 0.25) is 0 Å². The van der Waals surface area contributed by atoms with Crippen LogP contribution in [-0.4, -0.2) is 33.2 Å². The number of furan rings is 1. The number of hydrogen-bond donors (Lipinski definition) is 2.